The van der Waals surface area contributed by atoms with E-state index in [0.29, 0.717) is 24.4 Å². The molecule has 1 aliphatic rings. The number of rotatable bonds is 5. The van der Waals surface area contributed by atoms with Crippen LogP contribution in [0, 0.1) is 0 Å². The maximum absolute atomic E-state index is 12.7. The molecule has 1 aromatic carbocycles. The highest BCUT2D eigenvalue weighted by Crippen LogP contribution is 2.23. The molecule has 1 unspecified atom stereocenters. The Morgan fingerprint density at radius 3 is 2.50 bits per heavy atom. The maximum atomic E-state index is 12.7. The summed E-state index contributed by atoms with van der Waals surface area (Å²) in [7, 11) is 0. The van der Waals surface area contributed by atoms with Gasteiger partial charge in [0.05, 0.1) is 6.26 Å². The minimum atomic E-state index is -0.918. The molecule has 1 fully saturated rings. The quantitative estimate of drug-likeness (QED) is 0.626. The molecule has 0 spiro atoms. The molecule has 2 aromatic rings. The van der Waals surface area contributed by atoms with Crippen LogP contribution >= 0.6 is 0 Å². The Balaban J connectivity index is 1.74. The van der Waals surface area contributed by atoms with E-state index in [0.717, 1.165) is 12.8 Å². The largest absolute Gasteiger partial charge is 0.465 e. The van der Waals surface area contributed by atoms with Gasteiger partial charge in [0.25, 0.3) is 5.91 Å². The number of ether oxygens (including phenoxy) is 1. The number of carbonyl (C=O) groups is 2. The zero-order valence-corrected chi connectivity index (χ0v) is 13.3. The molecule has 0 radical (unpaired) electrons. The zero-order chi connectivity index (χ0) is 16.8. The lowest BCUT2D eigenvalue weighted by Gasteiger charge is -2.23. The van der Waals surface area contributed by atoms with Crippen LogP contribution in [0.2, 0.25) is 0 Å². The molecule has 5 heteroatoms. The van der Waals surface area contributed by atoms with Crippen LogP contribution in [-0.4, -0.2) is 29.9 Å². The topological polar surface area (TPSA) is 59.8 Å². The number of esters is 1. The second-order valence-corrected chi connectivity index (χ2v) is 5.61. The molecule has 124 valence electrons. The van der Waals surface area contributed by atoms with Gasteiger partial charge in [-0.25, -0.2) is 4.79 Å². The smallest absolute Gasteiger partial charge is 0.332 e. The average Bonchev–Trinajstić information content (AvgIpc) is 3.31. The molecule has 1 amide bonds. The van der Waals surface area contributed by atoms with Crippen LogP contribution in [0.4, 0.5) is 0 Å². The van der Waals surface area contributed by atoms with Gasteiger partial charge in [-0.2, -0.15) is 0 Å². The number of nitrogens with zero attached hydrogens (tertiary/aromatic N) is 1. The molecule has 1 aromatic heterocycles. The van der Waals surface area contributed by atoms with Crippen LogP contribution in [0.3, 0.4) is 0 Å². The molecule has 2 heterocycles. The fourth-order valence-electron chi connectivity index (χ4n) is 2.68. The first-order chi connectivity index (χ1) is 11.7. The molecule has 1 aliphatic heterocycles. The molecular weight excluding hydrogens is 306 g/mol. The lowest BCUT2D eigenvalue weighted by molar-refractivity contribution is -0.156. The molecule has 0 N–H and O–H groups in total. The number of hydrogen-bond donors (Lipinski definition) is 0. The van der Waals surface area contributed by atoms with E-state index < -0.39 is 12.1 Å². The summed E-state index contributed by atoms with van der Waals surface area (Å²) < 4.78 is 10.6. The second kappa shape index (κ2) is 7.64. The third kappa shape index (κ3) is 3.93. The van der Waals surface area contributed by atoms with Gasteiger partial charge in [-0.05, 0) is 31.1 Å². The lowest BCUT2D eigenvalue weighted by atomic mass is 10.1. The Kier molecular flexibility index (Phi) is 5.11. The highest BCUT2D eigenvalue weighted by atomic mass is 16.5. The van der Waals surface area contributed by atoms with Gasteiger partial charge in [-0.3, -0.25) is 4.79 Å². The van der Waals surface area contributed by atoms with E-state index in [1.165, 1.54) is 18.4 Å². The van der Waals surface area contributed by atoms with Crippen molar-refractivity contribution in [1.29, 1.82) is 0 Å². The Hall–Kier alpha value is -2.82. The predicted molar refractivity (Wildman–Crippen MR) is 88.8 cm³/mol. The predicted octanol–water partition coefficient (Wildman–Crippen LogP) is 3.20. The van der Waals surface area contributed by atoms with Gasteiger partial charge in [-0.15, -0.1) is 0 Å². The van der Waals surface area contributed by atoms with Gasteiger partial charge >= 0.3 is 5.97 Å². The van der Waals surface area contributed by atoms with Gasteiger partial charge in [0, 0.05) is 24.7 Å². The van der Waals surface area contributed by atoms with E-state index >= 15 is 0 Å². The molecule has 3 rings (SSSR count). The van der Waals surface area contributed by atoms with Crippen LogP contribution in [0.5, 0.6) is 0 Å². The van der Waals surface area contributed by atoms with Crippen LogP contribution in [0.1, 0.15) is 30.3 Å². The molecule has 1 atom stereocenters. The summed E-state index contributed by atoms with van der Waals surface area (Å²) in [5.41, 5.74) is 0.675. The first-order valence-corrected chi connectivity index (χ1v) is 8.00. The van der Waals surface area contributed by atoms with Crippen LogP contribution in [-0.2, 0) is 14.3 Å². The summed E-state index contributed by atoms with van der Waals surface area (Å²) in [6.45, 7) is 1.42. The monoisotopic (exact) mass is 325 g/mol. The van der Waals surface area contributed by atoms with E-state index in [9.17, 15) is 9.59 Å². The normalized spacial score (nSPS) is 15.6. The second-order valence-electron chi connectivity index (χ2n) is 5.61. The van der Waals surface area contributed by atoms with Gasteiger partial charge in [0.1, 0.15) is 5.76 Å². The number of likely N-dealkylation sites (tertiary alicyclic amines) is 1. The third-order valence-corrected chi connectivity index (χ3v) is 3.91. The van der Waals surface area contributed by atoms with Gasteiger partial charge in [0.15, 0.2) is 0 Å². The van der Waals surface area contributed by atoms with Crippen molar-refractivity contribution in [3.8, 4) is 0 Å². The molecular formula is C19H19NO4. The van der Waals surface area contributed by atoms with E-state index in [1.54, 1.807) is 29.2 Å². The number of carbonyl (C=O) groups excluding carboxylic acids is 2. The van der Waals surface area contributed by atoms with Crippen molar-refractivity contribution in [2.75, 3.05) is 13.1 Å². The van der Waals surface area contributed by atoms with Crippen molar-refractivity contribution in [2.45, 2.75) is 18.9 Å². The number of amides is 1. The first kappa shape index (κ1) is 16.1. The fraction of sp³-hybridized carbons (Fsp3) is 0.263. The number of hydrogen-bond acceptors (Lipinski definition) is 4. The lowest BCUT2D eigenvalue weighted by Crippen LogP contribution is -2.34. The highest BCUT2D eigenvalue weighted by Gasteiger charge is 2.30. The number of furan rings is 1. The van der Waals surface area contributed by atoms with E-state index in [4.69, 9.17) is 9.15 Å². The highest BCUT2D eigenvalue weighted by molar-refractivity contribution is 5.90. The number of benzene rings is 1. The molecule has 24 heavy (non-hydrogen) atoms. The Labute approximate surface area is 140 Å². The average molecular weight is 325 g/mol. The summed E-state index contributed by atoms with van der Waals surface area (Å²) in [5.74, 6) is -0.194. The van der Waals surface area contributed by atoms with Crippen molar-refractivity contribution >= 4 is 18.0 Å². The molecule has 0 saturated carbocycles. The Morgan fingerprint density at radius 1 is 1.08 bits per heavy atom. The van der Waals surface area contributed by atoms with Crippen molar-refractivity contribution in [2.24, 2.45) is 0 Å². The SMILES string of the molecule is O=C(C=Cc1ccco1)OC(C(=O)N1CCCC1)c1ccccc1. The summed E-state index contributed by atoms with van der Waals surface area (Å²) in [6, 6.07) is 12.6. The van der Waals surface area contributed by atoms with Gasteiger partial charge in [-0.1, -0.05) is 30.3 Å². The minimum Gasteiger partial charge on any atom is -0.465 e. The Bertz CT molecular complexity index is 700. The molecule has 0 bridgehead atoms. The fourth-order valence-corrected chi connectivity index (χ4v) is 2.68. The summed E-state index contributed by atoms with van der Waals surface area (Å²) in [4.78, 5) is 26.6. The van der Waals surface area contributed by atoms with Crippen LogP contribution < -0.4 is 0 Å². The zero-order valence-electron chi connectivity index (χ0n) is 13.3. The molecule has 0 aliphatic carbocycles. The van der Waals surface area contributed by atoms with Crippen molar-refractivity contribution in [1.82, 2.24) is 4.90 Å². The van der Waals surface area contributed by atoms with E-state index in [2.05, 4.69) is 0 Å². The summed E-state index contributed by atoms with van der Waals surface area (Å²) in [5, 5.41) is 0. The summed E-state index contributed by atoms with van der Waals surface area (Å²) in [6.07, 6.45) is 5.36. The van der Waals surface area contributed by atoms with E-state index in [1.807, 2.05) is 18.2 Å². The van der Waals surface area contributed by atoms with Crippen molar-refractivity contribution in [3.63, 3.8) is 0 Å². The maximum Gasteiger partial charge on any atom is 0.332 e. The van der Waals surface area contributed by atoms with Gasteiger partial charge < -0.3 is 14.1 Å². The van der Waals surface area contributed by atoms with Crippen LogP contribution in [0.15, 0.2) is 59.2 Å². The van der Waals surface area contributed by atoms with Crippen molar-refractivity contribution < 1.29 is 18.7 Å². The van der Waals surface area contributed by atoms with Crippen molar-refractivity contribution in [3.05, 3.63) is 66.1 Å². The van der Waals surface area contributed by atoms with Gasteiger partial charge in [0.2, 0.25) is 6.10 Å². The minimum absolute atomic E-state index is 0.168. The standard InChI is InChI=1S/C19H19NO4/c21-17(11-10-16-9-6-14-23-16)24-18(15-7-2-1-3-8-15)19(22)20-12-4-5-13-20/h1-3,6-11,14,18H,4-5,12-13H2. The van der Waals surface area contributed by atoms with E-state index in [-0.39, 0.29) is 5.91 Å². The third-order valence-electron chi connectivity index (χ3n) is 3.91. The van der Waals surface area contributed by atoms with Crippen LogP contribution in [0.25, 0.3) is 6.08 Å². The Morgan fingerprint density at radius 2 is 1.83 bits per heavy atom. The molecule has 5 nitrogen and oxygen atoms in total. The summed E-state index contributed by atoms with van der Waals surface area (Å²) >= 11 is 0. The first-order valence-electron chi connectivity index (χ1n) is 8.00. The molecule has 1 saturated heterocycles.